The van der Waals surface area contributed by atoms with Gasteiger partial charge in [0.2, 0.25) is 0 Å². The summed E-state index contributed by atoms with van der Waals surface area (Å²) in [5.74, 6) is -2.36. The Balaban J connectivity index is 4.28. The number of phosphoric acid groups is 1. The summed E-state index contributed by atoms with van der Waals surface area (Å²) in [7, 11) is -4.71. The number of ether oxygens (including phenoxy) is 2. The number of phosphoric ester groups is 1. The Morgan fingerprint density at radius 2 is 0.800 bits per heavy atom. The number of hydrogen-bond donors (Lipinski definition) is 3. The van der Waals surface area contributed by atoms with E-state index in [2.05, 4.69) is 18.4 Å². The molecule has 3 atom stereocenters. The number of esters is 2. The van der Waals surface area contributed by atoms with Crippen molar-refractivity contribution in [2.75, 3.05) is 19.8 Å². The molecule has 1 unspecified atom stereocenters. The van der Waals surface area contributed by atoms with E-state index in [0.29, 0.717) is 12.8 Å². The van der Waals surface area contributed by atoms with Gasteiger partial charge in [-0.15, -0.1) is 0 Å². The van der Waals surface area contributed by atoms with Crippen LogP contribution in [-0.2, 0) is 37.5 Å². The van der Waals surface area contributed by atoms with E-state index in [0.717, 1.165) is 38.5 Å². The third kappa shape index (κ3) is 39.1. The van der Waals surface area contributed by atoms with Crippen LogP contribution in [-0.4, -0.2) is 59.9 Å². The van der Waals surface area contributed by atoms with Crippen molar-refractivity contribution in [2.45, 2.75) is 238 Å². The molecule has 55 heavy (non-hydrogen) atoms. The van der Waals surface area contributed by atoms with Gasteiger partial charge in [-0.1, -0.05) is 200 Å². The van der Waals surface area contributed by atoms with Crippen molar-refractivity contribution < 1.29 is 47.5 Å². The zero-order valence-corrected chi connectivity index (χ0v) is 36.2. The van der Waals surface area contributed by atoms with Crippen LogP contribution in [0.15, 0.2) is 0 Å². The van der Waals surface area contributed by atoms with Gasteiger partial charge in [0.25, 0.3) is 0 Å². The summed E-state index contributed by atoms with van der Waals surface area (Å²) in [6.07, 6.45) is 37.3. The van der Waals surface area contributed by atoms with Gasteiger partial charge in [0, 0.05) is 12.8 Å². The summed E-state index contributed by atoms with van der Waals surface area (Å²) in [5, 5.41) is 8.89. The molecule has 12 heteroatoms. The fourth-order valence-electron chi connectivity index (χ4n) is 6.54. The highest BCUT2D eigenvalue weighted by molar-refractivity contribution is 7.47. The van der Waals surface area contributed by atoms with Gasteiger partial charge < -0.3 is 25.2 Å². The SMILES string of the molecule is CCCCCCCCCCCCCCCCCCCCC(=O)O[C@H](COC(=O)CCCCCCCCCCCCCCC)COP(=O)(O)OC[C@H](N)C(=O)O. The molecular formula is C43H84NO10P. The van der Waals surface area contributed by atoms with Crippen LogP contribution in [0.5, 0.6) is 0 Å². The van der Waals surface area contributed by atoms with Gasteiger partial charge in [-0.3, -0.25) is 23.4 Å². The molecule has 0 aromatic carbocycles. The maximum Gasteiger partial charge on any atom is 0.472 e. The highest BCUT2D eigenvalue weighted by Gasteiger charge is 2.28. The van der Waals surface area contributed by atoms with E-state index in [1.807, 2.05) is 0 Å². The van der Waals surface area contributed by atoms with E-state index in [9.17, 15) is 23.8 Å². The molecule has 0 aromatic heterocycles. The summed E-state index contributed by atoms with van der Waals surface area (Å²) < 4.78 is 32.7. The average molecular weight is 806 g/mol. The Bertz CT molecular complexity index is 952. The monoisotopic (exact) mass is 806 g/mol. The van der Waals surface area contributed by atoms with Crippen LogP contribution in [0.25, 0.3) is 0 Å². The van der Waals surface area contributed by atoms with Gasteiger partial charge in [-0.2, -0.15) is 0 Å². The maximum atomic E-state index is 12.6. The van der Waals surface area contributed by atoms with Crippen LogP contribution < -0.4 is 5.73 Å². The number of carbonyl (C=O) groups excluding carboxylic acids is 2. The minimum absolute atomic E-state index is 0.170. The number of unbranched alkanes of at least 4 members (excludes halogenated alkanes) is 29. The predicted octanol–water partition coefficient (Wildman–Crippen LogP) is 11.9. The van der Waals surface area contributed by atoms with Gasteiger partial charge in [-0.25, -0.2) is 4.57 Å². The van der Waals surface area contributed by atoms with Gasteiger partial charge >= 0.3 is 25.7 Å². The highest BCUT2D eigenvalue weighted by atomic mass is 31.2. The lowest BCUT2D eigenvalue weighted by molar-refractivity contribution is -0.161. The zero-order valence-electron chi connectivity index (χ0n) is 35.3. The summed E-state index contributed by atoms with van der Waals surface area (Å²) >= 11 is 0. The second-order valence-corrected chi connectivity index (χ2v) is 17.0. The quantitative estimate of drug-likeness (QED) is 0.0304. The average Bonchev–Trinajstić information content (AvgIpc) is 3.16. The van der Waals surface area contributed by atoms with Crippen molar-refractivity contribution in [1.82, 2.24) is 0 Å². The number of nitrogens with two attached hydrogens (primary N) is 1. The number of carboxylic acids is 1. The summed E-state index contributed by atoms with van der Waals surface area (Å²) in [5.41, 5.74) is 5.33. The Morgan fingerprint density at radius 1 is 0.491 bits per heavy atom. The fraction of sp³-hybridized carbons (Fsp3) is 0.930. The molecule has 0 saturated carbocycles. The summed E-state index contributed by atoms with van der Waals surface area (Å²) in [6, 6.07) is -1.52. The second kappa shape index (κ2) is 39.3. The largest absolute Gasteiger partial charge is 0.480 e. The normalized spacial score (nSPS) is 13.7. The molecular weight excluding hydrogens is 721 g/mol. The van der Waals surface area contributed by atoms with Crippen molar-refractivity contribution in [2.24, 2.45) is 5.73 Å². The Labute approximate surface area is 335 Å². The van der Waals surface area contributed by atoms with Gasteiger partial charge in [0.05, 0.1) is 13.2 Å². The molecule has 0 rings (SSSR count). The maximum absolute atomic E-state index is 12.6. The minimum Gasteiger partial charge on any atom is -0.480 e. The molecule has 0 radical (unpaired) electrons. The molecule has 0 aliphatic carbocycles. The van der Waals surface area contributed by atoms with E-state index >= 15 is 0 Å². The lowest BCUT2D eigenvalue weighted by Crippen LogP contribution is -2.34. The molecule has 0 aliphatic rings. The first-order valence-electron chi connectivity index (χ1n) is 22.6. The third-order valence-corrected chi connectivity index (χ3v) is 11.1. The highest BCUT2D eigenvalue weighted by Crippen LogP contribution is 2.43. The number of hydrogen-bond acceptors (Lipinski definition) is 9. The molecule has 0 spiro atoms. The van der Waals surface area contributed by atoms with Gasteiger partial charge in [-0.05, 0) is 12.8 Å². The molecule has 0 amide bonds. The Hall–Kier alpha value is -1.52. The molecule has 4 N–H and O–H groups in total. The number of aliphatic carboxylic acids is 1. The van der Waals surface area contributed by atoms with Gasteiger partial charge in [0.15, 0.2) is 6.10 Å². The molecule has 0 fully saturated rings. The summed E-state index contributed by atoms with van der Waals surface area (Å²) in [4.78, 5) is 45.9. The van der Waals surface area contributed by atoms with Crippen molar-refractivity contribution in [3.05, 3.63) is 0 Å². The van der Waals surface area contributed by atoms with Crippen LogP contribution in [0.4, 0.5) is 0 Å². The molecule has 0 aliphatic heterocycles. The van der Waals surface area contributed by atoms with Crippen LogP contribution >= 0.6 is 7.82 Å². The number of carbonyl (C=O) groups is 3. The molecule has 0 aromatic rings. The first-order chi connectivity index (χ1) is 26.6. The Morgan fingerprint density at radius 3 is 1.15 bits per heavy atom. The molecule has 0 saturated heterocycles. The van der Waals surface area contributed by atoms with Crippen molar-refractivity contribution in [1.29, 1.82) is 0 Å². The molecule has 11 nitrogen and oxygen atoms in total. The van der Waals surface area contributed by atoms with E-state index in [1.54, 1.807) is 0 Å². The third-order valence-electron chi connectivity index (χ3n) is 10.1. The smallest absolute Gasteiger partial charge is 0.472 e. The van der Waals surface area contributed by atoms with E-state index in [4.69, 9.17) is 24.8 Å². The first kappa shape index (κ1) is 53.5. The van der Waals surface area contributed by atoms with E-state index in [-0.39, 0.29) is 19.4 Å². The Kier molecular flexibility index (Phi) is 38.2. The van der Waals surface area contributed by atoms with Crippen molar-refractivity contribution >= 4 is 25.7 Å². The zero-order chi connectivity index (χ0) is 40.7. The van der Waals surface area contributed by atoms with E-state index < -0.39 is 51.1 Å². The topological polar surface area (TPSA) is 172 Å². The molecule has 326 valence electrons. The van der Waals surface area contributed by atoms with Crippen molar-refractivity contribution in [3.8, 4) is 0 Å². The molecule has 0 heterocycles. The van der Waals surface area contributed by atoms with Crippen LogP contribution in [0.3, 0.4) is 0 Å². The van der Waals surface area contributed by atoms with E-state index in [1.165, 1.54) is 148 Å². The van der Waals surface area contributed by atoms with Crippen LogP contribution in [0, 0.1) is 0 Å². The van der Waals surface area contributed by atoms with Crippen LogP contribution in [0.2, 0.25) is 0 Å². The second-order valence-electron chi connectivity index (χ2n) is 15.6. The lowest BCUT2D eigenvalue weighted by atomic mass is 10.0. The fourth-order valence-corrected chi connectivity index (χ4v) is 7.32. The minimum atomic E-state index is -4.71. The number of rotatable bonds is 43. The van der Waals surface area contributed by atoms with Crippen molar-refractivity contribution in [3.63, 3.8) is 0 Å². The lowest BCUT2D eigenvalue weighted by Gasteiger charge is -2.20. The van der Waals surface area contributed by atoms with Crippen LogP contribution in [0.1, 0.15) is 226 Å². The first-order valence-corrected chi connectivity index (χ1v) is 24.1. The predicted molar refractivity (Wildman–Crippen MR) is 222 cm³/mol. The summed E-state index contributed by atoms with van der Waals surface area (Å²) in [6.45, 7) is 2.84. The standard InChI is InChI=1S/C43H84NO10P/c1-3-5-7-9-11-13-15-17-18-19-20-21-23-25-27-29-31-33-35-42(46)54-39(37-52-55(49,50)53-38-40(44)43(47)48)36-51-41(45)34-32-30-28-26-24-22-16-14-12-10-8-6-4-2/h39-40H,3-38,44H2,1-2H3,(H,47,48)(H,49,50)/t39-,40+/m1/s1. The number of carboxylic acid groups (broad SMARTS) is 1. The van der Waals surface area contributed by atoms with Gasteiger partial charge in [0.1, 0.15) is 12.6 Å². The molecule has 0 bridgehead atoms.